The average Bonchev–Trinajstić information content (AvgIpc) is 3.78. The van der Waals surface area contributed by atoms with E-state index in [1.165, 1.54) is 18.2 Å². The van der Waals surface area contributed by atoms with E-state index < -0.39 is 44.3 Å². The van der Waals surface area contributed by atoms with Gasteiger partial charge < -0.3 is 14.4 Å². The van der Waals surface area contributed by atoms with Crippen molar-refractivity contribution in [1.82, 2.24) is 39.5 Å². The van der Waals surface area contributed by atoms with Gasteiger partial charge in [-0.2, -0.15) is 15.1 Å². The summed E-state index contributed by atoms with van der Waals surface area (Å²) >= 11 is 14.4. The molecule has 1 aliphatic carbocycles. The monoisotopic (exact) mass is 785 g/mol. The lowest BCUT2D eigenvalue weighted by Crippen LogP contribution is -2.43. The fourth-order valence-electron chi connectivity index (χ4n) is 5.95. The third kappa shape index (κ3) is 8.30. The third-order valence-corrected chi connectivity index (χ3v) is 9.06. The van der Waals surface area contributed by atoms with Crippen molar-refractivity contribution in [2.45, 2.75) is 52.9 Å². The highest BCUT2D eigenvalue weighted by Gasteiger charge is 2.43. The van der Waals surface area contributed by atoms with Crippen molar-refractivity contribution in [3.63, 3.8) is 0 Å². The van der Waals surface area contributed by atoms with Crippen molar-refractivity contribution in [2.75, 3.05) is 18.0 Å². The van der Waals surface area contributed by atoms with E-state index in [-0.39, 0.29) is 38.2 Å². The van der Waals surface area contributed by atoms with Gasteiger partial charge in [0.1, 0.15) is 35.3 Å². The fourth-order valence-corrected chi connectivity index (χ4v) is 6.60. The Bertz CT molecular complexity index is 2310. The molecule has 0 N–H and O–H groups in total. The highest BCUT2D eigenvalue weighted by atomic mass is 79.9. The second-order valence-electron chi connectivity index (χ2n) is 11.3. The van der Waals surface area contributed by atoms with Crippen molar-refractivity contribution >= 4 is 44.9 Å². The lowest BCUT2D eigenvalue weighted by molar-refractivity contribution is 0.264. The van der Waals surface area contributed by atoms with Gasteiger partial charge in [0.25, 0.3) is 0 Å². The number of aromatic nitrogens is 8. The minimum Gasteiger partial charge on any atom is -0.424 e. The topological polar surface area (TPSA) is 109 Å². The number of rotatable bonds is 9. The van der Waals surface area contributed by atoms with E-state index in [2.05, 4.69) is 51.0 Å². The van der Waals surface area contributed by atoms with Gasteiger partial charge in [0.05, 0.1) is 15.5 Å². The van der Waals surface area contributed by atoms with Gasteiger partial charge in [-0.1, -0.05) is 23.2 Å². The predicted octanol–water partition coefficient (Wildman–Crippen LogP) is 8.33. The van der Waals surface area contributed by atoms with Gasteiger partial charge >= 0.3 is 12.0 Å². The van der Waals surface area contributed by atoms with Gasteiger partial charge in [0, 0.05) is 64.6 Å². The van der Waals surface area contributed by atoms with Crippen molar-refractivity contribution in [2.24, 2.45) is 17.8 Å². The molecular formula is C33H34BrCl2F2N9O2. The molecular weight excluding hydrogens is 743 g/mol. The molecule has 0 radical (unpaired) electrons. The maximum Gasteiger partial charge on any atom is 0.321 e. The van der Waals surface area contributed by atoms with Crippen LogP contribution < -0.4 is 14.4 Å². The Morgan fingerprint density at radius 1 is 0.878 bits per heavy atom. The highest BCUT2D eigenvalue weighted by molar-refractivity contribution is 9.10. The maximum absolute atomic E-state index is 13.6. The SMILES string of the molecule is [2H]C([2H])([2H])C([2H])([2H])n1nc(Br)nc1Oc1ccc(F)c(Cl)c1.[2H]C([2H])([2H])C([2H])([2H])n1nc(CC2[C@@H]3CC[C@H]2CN(c2cc(C)ncn2)C3)nc1Oc1ccc(F)c(Cl)c1. The Hall–Kier alpha value is -3.88. The summed E-state index contributed by atoms with van der Waals surface area (Å²) in [6.45, 7) is -8.19. The zero-order valence-electron chi connectivity index (χ0n) is 35.6. The predicted molar refractivity (Wildman–Crippen MR) is 184 cm³/mol. The minimum atomic E-state index is -3.03. The molecule has 1 saturated heterocycles. The molecule has 0 spiro atoms. The van der Waals surface area contributed by atoms with Crippen LogP contribution in [0.1, 0.15) is 51.8 Å². The number of aryl methyl sites for hydroxylation is 3. The molecule has 0 amide bonds. The highest BCUT2D eigenvalue weighted by Crippen LogP contribution is 2.44. The molecule has 2 aliphatic rings. The van der Waals surface area contributed by atoms with Crippen molar-refractivity contribution in [3.8, 4) is 23.5 Å². The number of hydrogen-bond donors (Lipinski definition) is 0. The average molecular weight is 788 g/mol. The van der Waals surface area contributed by atoms with Gasteiger partial charge in [-0.05, 0) is 91.4 Å². The zero-order valence-corrected chi connectivity index (χ0v) is 28.7. The molecule has 1 saturated carbocycles. The van der Waals surface area contributed by atoms with Gasteiger partial charge in [0.15, 0.2) is 5.82 Å². The molecule has 7 rings (SSSR count). The Morgan fingerprint density at radius 3 is 2.04 bits per heavy atom. The largest absolute Gasteiger partial charge is 0.424 e. The van der Waals surface area contributed by atoms with Crippen LogP contribution in [0, 0.1) is 36.3 Å². The van der Waals surface area contributed by atoms with Gasteiger partial charge in [-0.25, -0.2) is 28.1 Å². The van der Waals surface area contributed by atoms with Gasteiger partial charge in [-0.3, -0.25) is 0 Å². The Labute approximate surface area is 314 Å². The van der Waals surface area contributed by atoms with E-state index in [0.29, 0.717) is 33.4 Å². The molecule has 1 aliphatic heterocycles. The molecule has 16 heteroatoms. The molecule has 3 aromatic heterocycles. The summed E-state index contributed by atoms with van der Waals surface area (Å²) in [6.07, 6.45) is 4.12. The number of piperidine rings is 1. The lowest BCUT2D eigenvalue weighted by atomic mass is 9.82. The van der Waals surface area contributed by atoms with Gasteiger partial charge in [-0.15, -0.1) is 5.10 Å². The lowest BCUT2D eigenvalue weighted by Gasteiger charge is -2.38. The van der Waals surface area contributed by atoms with Crippen LogP contribution in [0.4, 0.5) is 14.6 Å². The van der Waals surface area contributed by atoms with Crippen LogP contribution in [0.15, 0.2) is 53.5 Å². The summed E-state index contributed by atoms with van der Waals surface area (Å²) in [4.78, 5) is 19.0. The summed E-state index contributed by atoms with van der Waals surface area (Å²) in [7, 11) is 0. The number of hydrogen-bond acceptors (Lipinski definition) is 9. The van der Waals surface area contributed by atoms with Crippen LogP contribution in [0.25, 0.3) is 0 Å². The molecule has 258 valence electrons. The first-order valence-electron chi connectivity index (χ1n) is 19.8. The molecule has 1 unspecified atom stereocenters. The maximum atomic E-state index is 13.6. The molecule has 3 atom stereocenters. The molecule has 2 fully saturated rings. The summed E-state index contributed by atoms with van der Waals surface area (Å²) in [6, 6.07) is 8.27. The molecule has 5 aromatic rings. The molecule has 2 bridgehead atoms. The summed E-state index contributed by atoms with van der Waals surface area (Å²) in [5.74, 6) is 1.01. The summed E-state index contributed by atoms with van der Waals surface area (Å²) in [5.41, 5.74) is 0.910. The van der Waals surface area contributed by atoms with Crippen LogP contribution >= 0.6 is 39.1 Å². The molecule has 4 heterocycles. The first-order chi connectivity index (χ1) is 27.4. The first kappa shape index (κ1) is 24.3. The summed E-state index contributed by atoms with van der Waals surface area (Å²) in [5, 5.41) is 7.51. The quantitative estimate of drug-likeness (QED) is 0.146. The van der Waals surface area contributed by atoms with E-state index in [1.54, 1.807) is 6.33 Å². The Kier molecular flexibility index (Phi) is 7.61. The van der Waals surface area contributed by atoms with Crippen LogP contribution in [-0.4, -0.2) is 52.6 Å². The normalized spacial score (nSPS) is 22.4. The van der Waals surface area contributed by atoms with Crippen molar-refractivity contribution in [3.05, 3.63) is 86.7 Å². The standard InChI is InChI=1S/C23H26ClFN6O.C10H8BrClFN3O/c1-3-31-23(32-17-6-7-20(25)19(24)9-17)28-21(29-31)10-18-15-4-5-16(18)12-30(11-15)22-8-14(2)26-13-27-22;1-2-16-10(14-9(11)15-16)17-6-3-4-8(13)7(12)5-6/h6-9,13,15-16,18H,3-5,10-12H2,1-2H3;3-5H,2H2,1H3/t15-,16+,18?;/i1D3,3D2;1D3,2D2. The summed E-state index contributed by atoms with van der Waals surface area (Å²) < 4.78 is 115. The van der Waals surface area contributed by atoms with E-state index in [0.717, 1.165) is 55.6 Å². The van der Waals surface area contributed by atoms with Crippen molar-refractivity contribution in [1.29, 1.82) is 0 Å². The van der Waals surface area contributed by atoms with E-state index in [9.17, 15) is 8.78 Å². The smallest absolute Gasteiger partial charge is 0.321 e. The zero-order chi connectivity index (χ0) is 43.2. The molecule has 11 nitrogen and oxygen atoms in total. The fraction of sp³-hybridized carbons (Fsp3) is 0.394. The number of fused-ring (bicyclic) bond motifs is 2. The first-order valence-corrected chi connectivity index (χ1v) is 16.4. The van der Waals surface area contributed by atoms with E-state index in [4.69, 9.17) is 46.4 Å². The second-order valence-corrected chi connectivity index (χ2v) is 12.8. The number of ether oxygens (including phenoxy) is 2. The number of anilines is 1. The Balaban J connectivity index is 0.000000227. The third-order valence-electron chi connectivity index (χ3n) is 8.15. The van der Waals surface area contributed by atoms with Gasteiger partial charge in [0.2, 0.25) is 4.73 Å². The molecule has 2 aromatic carbocycles. The number of nitrogens with zero attached hydrogens (tertiary/aromatic N) is 9. The Morgan fingerprint density at radius 2 is 1.47 bits per heavy atom. The van der Waals surface area contributed by atoms with Crippen LogP contribution in [0.3, 0.4) is 0 Å². The van der Waals surface area contributed by atoms with Crippen LogP contribution in [0.5, 0.6) is 23.5 Å². The second kappa shape index (κ2) is 15.3. The minimum absolute atomic E-state index is 0.0499. The number of halogens is 5. The molecule has 49 heavy (non-hydrogen) atoms. The van der Waals surface area contributed by atoms with E-state index >= 15 is 0 Å². The number of benzene rings is 2. The van der Waals surface area contributed by atoms with Crippen LogP contribution in [-0.2, 0) is 19.4 Å². The van der Waals surface area contributed by atoms with Crippen molar-refractivity contribution < 1.29 is 32.0 Å². The van der Waals surface area contributed by atoms with E-state index in [1.807, 2.05) is 13.0 Å². The van der Waals surface area contributed by atoms with Crippen LogP contribution in [0.2, 0.25) is 10.0 Å².